The van der Waals surface area contributed by atoms with Crippen molar-refractivity contribution in [3.05, 3.63) is 59.3 Å². The van der Waals surface area contributed by atoms with Gasteiger partial charge in [0, 0.05) is 6.08 Å². The summed E-state index contributed by atoms with van der Waals surface area (Å²) in [6.07, 6.45) is 14.4. The van der Waals surface area contributed by atoms with E-state index in [0.29, 0.717) is 6.61 Å². The molecule has 0 aliphatic heterocycles. The fourth-order valence-corrected chi connectivity index (χ4v) is 2.87. The molecule has 0 heterocycles. The van der Waals surface area contributed by atoms with Crippen molar-refractivity contribution in [2.75, 3.05) is 6.61 Å². The van der Waals surface area contributed by atoms with E-state index in [2.05, 4.69) is 39.2 Å². The summed E-state index contributed by atoms with van der Waals surface area (Å²) in [5, 5.41) is 0. The molecule has 0 unspecified atom stereocenters. The molecular formula is C23H34O2. The first-order valence-corrected chi connectivity index (χ1v) is 9.67. The predicted molar refractivity (Wildman–Crippen MR) is 107 cm³/mol. The van der Waals surface area contributed by atoms with Crippen molar-refractivity contribution in [1.82, 2.24) is 0 Å². The molecule has 0 atom stereocenters. The third-order valence-electron chi connectivity index (χ3n) is 4.47. The number of esters is 1. The molecule has 138 valence electrons. The summed E-state index contributed by atoms with van der Waals surface area (Å²) < 4.78 is 5.07. The van der Waals surface area contributed by atoms with Gasteiger partial charge in [0.1, 0.15) is 0 Å². The van der Waals surface area contributed by atoms with Crippen LogP contribution in [0.1, 0.15) is 72.1 Å². The van der Waals surface area contributed by atoms with E-state index in [9.17, 15) is 4.79 Å². The van der Waals surface area contributed by atoms with Crippen LogP contribution >= 0.6 is 0 Å². The first-order chi connectivity index (χ1) is 12.0. The van der Waals surface area contributed by atoms with Crippen molar-refractivity contribution >= 4 is 5.97 Å². The van der Waals surface area contributed by atoms with Crippen molar-refractivity contribution in [1.29, 1.82) is 0 Å². The van der Waals surface area contributed by atoms with Crippen LogP contribution in [0.2, 0.25) is 0 Å². The van der Waals surface area contributed by atoms with Gasteiger partial charge in [-0.2, -0.15) is 0 Å². The number of unbranched alkanes of at least 4 members (excludes halogenated alkanes) is 2. The molecule has 0 aromatic carbocycles. The van der Waals surface area contributed by atoms with E-state index in [-0.39, 0.29) is 5.97 Å². The van der Waals surface area contributed by atoms with Crippen LogP contribution in [-0.4, -0.2) is 12.6 Å². The van der Waals surface area contributed by atoms with Gasteiger partial charge in [-0.25, -0.2) is 4.79 Å². The van der Waals surface area contributed by atoms with Gasteiger partial charge in [0.2, 0.25) is 0 Å². The van der Waals surface area contributed by atoms with Gasteiger partial charge in [-0.3, -0.25) is 0 Å². The zero-order valence-corrected chi connectivity index (χ0v) is 16.3. The molecule has 0 fully saturated rings. The van der Waals surface area contributed by atoms with E-state index in [0.717, 1.165) is 61.7 Å². The average molecular weight is 343 g/mol. The Morgan fingerprint density at radius 2 is 1.68 bits per heavy atom. The molecule has 1 rings (SSSR count). The molecule has 25 heavy (non-hydrogen) atoms. The molecular weight excluding hydrogens is 308 g/mol. The van der Waals surface area contributed by atoms with Crippen LogP contribution in [-0.2, 0) is 9.53 Å². The molecule has 2 heteroatoms. The van der Waals surface area contributed by atoms with Gasteiger partial charge >= 0.3 is 5.97 Å². The predicted octanol–water partition coefficient (Wildman–Crippen LogP) is 6.62. The lowest BCUT2D eigenvalue weighted by Crippen LogP contribution is -2.01. The maximum absolute atomic E-state index is 11.8. The van der Waals surface area contributed by atoms with Gasteiger partial charge in [-0.1, -0.05) is 57.6 Å². The van der Waals surface area contributed by atoms with Crippen molar-refractivity contribution < 1.29 is 9.53 Å². The Morgan fingerprint density at radius 1 is 1.04 bits per heavy atom. The van der Waals surface area contributed by atoms with Gasteiger partial charge in [0.25, 0.3) is 0 Å². The molecule has 0 saturated heterocycles. The second-order valence-corrected chi connectivity index (χ2v) is 6.65. The van der Waals surface area contributed by atoms with Crippen LogP contribution in [0.5, 0.6) is 0 Å². The SMILES string of the molecule is C=C(CCCC)C1=C/C(=C\C(=O)OCC)CCC(C(=C)CCCC)=C1. The smallest absolute Gasteiger partial charge is 0.331 e. The molecule has 0 aromatic rings. The lowest BCUT2D eigenvalue weighted by Gasteiger charge is -2.11. The first kappa shape index (κ1) is 21.2. The molecule has 1 aliphatic carbocycles. The largest absolute Gasteiger partial charge is 0.463 e. The van der Waals surface area contributed by atoms with Gasteiger partial charge < -0.3 is 4.74 Å². The average Bonchev–Trinajstić information content (AvgIpc) is 2.80. The van der Waals surface area contributed by atoms with Gasteiger partial charge in [0.05, 0.1) is 6.61 Å². The topological polar surface area (TPSA) is 26.3 Å². The van der Waals surface area contributed by atoms with Gasteiger partial charge in [-0.15, -0.1) is 0 Å². The minimum Gasteiger partial charge on any atom is -0.463 e. The summed E-state index contributed by atoms with van der Waals surface area (Å²) >= 11 is 0. The molecule has 0 radical (unpaired) electrons. The molecule has 0 saturated carbocycles. The minimum absolute atomic E-state index is 0.263. The van der Waals surface area contributed by atoms with Crippen LogP contribution in [0.25, 0.3) is 0 Å². The summed E-state index contributed by atoms with van der Waals surface area (Å²) in [5.74, 6) is -0.263. The van der Waals surface area contributed by atoms with Crippen molar-refractivity contribution in [3.8, 4) is 0 Å². The highest BCUT2D eigenvalue weighted by atomic mass is 16.5. The Hall–Kier alpha value is -1.83. The van der Waals surface area contributed by atoms with Crippen LogP contribution in [0.4, 0.5) is 0 Å². The lowest BCUT2D eigenvalue weighted by atomic mass is 9.95. The third kappa shape index (κ3) is 7.72. The summed E-state index contributed by atoms with van der Waals surface area (Å²) in [4.78, 5) is 11.8. The highest BCUT2D eigenvalue weighted by Gasteiger charge is 2.13. The second kappa shape index (κ2) is 11.7. The Balaban J connectivity index is 3.04. The van der Waals surface area contributed by atoms with E-state index in [4.69, 9.17) is 4.74 Å². The van der Waals surface area contributed by atoms with Crippen LogP contribution < -0.4 is 0 Å². The highest BCUT2D eigenvalue weighted by molar-refractivity contribution is 5.83. The van der Waals surface area contributed by atoms with Crippen LogP contribution in [0, 0.1) is 0 Å². The molecule has 2 nitrogen and oxygen atoms in total. The number of allylic oxidation sites excluding steroid dienone is 7. The summed E-state index contributed by atoms with van der Waals surface area (Å²) in [5.41, 5.74) is 5.80. The number of hydrogen-bond acceptors (Lipinski definition) is 2. The maximum atomic E-state index is 11.8. The van der Waals surface area contributed by atoms with Crippen molar-refractivity contribution in [2.45, 2.75) is 72.1 Å². The molecule has 0 bridgehead atoms. The maximum Gasteiger partial charge on any atom is 0.331 e. The highest BCUT2D eigenvalue weighted by Crippen LogP contribution is 2.31. The summed E-state index contributed by atoms with van der Waals surface area (Å²) in [6, 6.07) is 0. The quantitative estimate of drug-likeness (QED) is 0.329. The number of ether oxygens (including phenoxy) is 1. The summed E-state index contributed by atoms with van der Waals surface area (Å²) in [6.45, 7) is 15.2. The molecule has 0 N–H and O–H groups in total. The summed E-state index contributed by atoms with van der Waals surface area (Å²) in [7, 11) is 0. The fourth-order valence-electron chi connectivity index (χ4n) is 2.87. The standard InChI is InChI=1S/C23H34O2/c1-6-9-11-18(4)21-14-13-20(16-23(24)25-8-3)15-22(17-21)19(5)12-10-7-2/h15-17H,4-14H2,1-3H3/b20-16-. The third-order valence-corrected chi connectivity index (χ3v) is 4.47. The van der Waals surface area contributed by atoms with E-state index in [1.807, 2.05) is 6.92 Å². The number of hydrogen-bond donors (Lipinski definition) is 0. The zero-order valence-electron chi connectivity index (χ0n) is 16.3. The lowest BCUT2D eigenvalue weighted by molar-refractivity contribution is -0.137. The molecule has 1 aliphatic rings. The second-order valence-electron chi connectivity index (χ2n) is 6.65. The monoisotopic (exact) mass is 342 g/mol. The normalized spacial score (nSPS) is 16.0. The van der Waals surface area contributed by atoms with E-state index in [1.54, 1.807) is 6.08 Å². The molecule has 0 spiro atoms. The van der Waals surface area contributed by atoms with Crippen molar-refractivity contribution in [2.24, 2.45) is 0 Å². The Kier molecular flexibility index (Phi) is 9.91. The van der Waals surface area contributed by atoms with E-state index >= 15 is 0 Å². The zero-order chi connectivity index (χ0) is 18.7. The minimum atomic E-state index is -0.263. The Bertz CT molecular complexity index is 573. The first-order valence-electron chi connectivity index (χ1n) is 9.67. The number of carbonyl (C=O) groups excluding carboxylic acids is 1. The van der Waals surface area contributed by atoms with Gasteiger partial charge in [-0.05, 0) is 67.7 Å². The number of rotatable bonds is 10. The Morgan fingerprint density at radius 3 is 2.28 bits per heavy atom. The van der Waals surface area contributed by atoms with E-state index < -0.39 is 0 Å². The van der Waals surface area contributed by atoms with Gasteiger partial charge in [0.15, 0.2) is 0 Å². The number of carbonyl (C=O) groups is 1. The molecule has 0 amide bonds. The molecule has 0 aromatic heterocycles. The van der Waals surface area contributed by atoms with Crippen LogP contribution in [0.15, 0.2) is 59.3 Å². The Labute approximate surface area is 154 Å². The van der Waals surface area contributed by atoms with E-state index in [1.165, 1.54) is 17.6 Å². The fraction of sp³-hybridized carbons (Fsp3) is 0.522. The van der Waals surface area contributed by atoms with Crippen LogP contribution in [0.3, 0.4) is 0 Å². The van der Waals surface area contributed by atoms with Crippen molar-refractivity contribution in [3.63, 3.8) is 0 Å².